The molecule has 0 saturated heterocycles. The van der Waals surface area contributed by atoms with Crippen LogP contribution >= 0.6 is 24.0 Å². The van der Waals surface area contributed by atoms with Crippen LogP contribution in [-0.4, -0.2) is 16.6 Å². The predicted molar refractivity (Wildman–Crippen MR) is 54.0 cm³/mol. The summed E-state index contributed by atoms with van der Waals surface area (Å²) in [7, 11) is 0. The van der Waals surface area contributed by atoms with E-state index in [9.17, 15) is 4.79 Å². The zero-order valence-electron chi connectivity index (χ0n) is 6.70. The first kappa shape index (κ1) is 9.54. The highest BCUT2D eigenvalue weighted by molar-refractivity contribution is 7.80. The molecule has 0 aliphatic heterocycles. The SMILES string of the molecule is Cc1csc(NC(=O)CCS)n1. The summed E-state index contributed by atoms with van der Waals surface area (Å²) in [4.78, 5) is 15.1. The molecule has 12 heavy (non-hydrogen) atoms. The molecule has 0 atom stereocenters. The van der Waals surface area contributed by atoms with Crippen LogP contribution in [0.15, 0.2) is 5.38 Å². The van der Waals surface area contributed by atoms with E-state index in [0.717, 1.165) is 5.69 Å². The minimum atomic E-state index is -0.0284. The van der Waals surface area contributed by atoms with Crippen molar-refractivity contribution in [2.45, 2.75) is 13.3 Å². The molecule has 0 fully saturated rings. The first-order valence-electron chi connectivity index (χ1n) is 3.55. The zero-order valence-corrected chi connectivity index (χ0v) is 8.41. The van der Waals surface area contributed by atoms with Crippen molar-refractivity contribution >= 4 is 35.0 Å². The number of nitrogens with zero attached hydrogens (tertiary/aromatic N) is 1. The molecular formula is C7H10N2OS2. The molecule has 0 radical (unpaired) electrons. The fraction of sp³-hybridized carbons (Fsp3) is 0.429. The number of aromatic nitrogens is 1. The van der Waals surface area contributed by atoms with Crippen LogP contribution in [0.25, 0.3) is 0 Å². The summed E-state index contributed by atoms with van der Waals surface area (Å²) >= 11 is 5.39. The molecule has 1 aromatic heterocycles. The van der Waals surface area contributed by atoms with Crippen molar-refractivity contribution in [1.29, 1.82) is 0 Å². The van der Waals surface area contributed by atoms with Gasteiger partial charge in [0.05, 0.1) is 5.69 Å². The van der Waals surface area contributed by atoms with E-state index in [1.54, 1.807) is 0 Å². The normalized spacial score (nSPS) is 9.83. The molecular weight excluding hydrogens is 192 g/mol. The van der Waals surface area contributed by atoms with Gasteiger partial charge in [-0.1, -0.05) is 0 Å². The lowest BCUT2D eigenvalue weighted by atomic mass is 10.4. The number of carbonyl (C=O) groups is 1. The summed E-state index contributed by atoms with van der Waals surface area (Å²) in [6.07, 6.45) is 0.432. The fourth-order valence-corrected chi connectivity index (χ4v) is 1.60. The van der Waals surface area contributed by atoms with E-state index in [2.05, 4.69) is 22.9 Å². The number of nitrogens with one attached hydrogen (secondary N) is 1. The molecule has 5 heteroatoms. The molecule has 0 unspecified atom stereocenters. The summed E-state index contributed by atoms with van der Waals surface area (Å²) in [5.74, 6) is 0.537. The minimum Gasteiger partial charge on any atom is -0.302 e. The quantitative estimate of drug-likeness (QED) is 0.733. The molecule has 1 rings (SSSR count). The average Bonchev–Trinajstić information content (AvgIpc) is 2.36. The third kappa shape index (κ3) is 2.83. The molecule has 0 saturated carbocycles. The van der Waals surface area contributed by atoms with Crippen molar-refractivity contribution in [2.24, 2.45) is 0 Å². The lowest BCUT2D eigenvalue weighted by Crippen LogP contribution is -2.11. The van der Waals surface area contributed by atoms with Crippen molar-refractivity contribution < 1.29 is 4.79 Å². The van der Waals surface area contributed by atoms with E-state index in [1.807, 2.05) is 12.3 Å². The van der Waals surface area contributed by atoms with E-state index < -0.39 is 0 Å². The molecule has 3 nitrogen and oxygen atoms in total. The van der Waals surface area contributed by atoms with Gasteiger partial charge in [0, 0.05) is 11.8 Å². The van der Waals surface area contributed by atoms with Crippen molar-refractivity contribution in [3.8, 4) is 0 Å². The van der Waals surface area contributed by atoms with Gasteiger partial charge in [-0.15, -0.1) is 11.3 Å². The molecule has 1 N–H and O–H groups in total. The monoisotopic (exact) mass is 202 g/mol. The first-order valence-corrected chi connectivity index (χ1v) is 5.06. The van der Waals surface area contributed by atoms with Gasteiger partial charge < -0.3 is 5.32 Å². The maximum Gasteiger partial charge on any atom is 0.226 e. The Morgan fingerprint density at radius 2 is 2.58 bits per heavy atom. The molecule has 0 spiro atoms. The van der Waals surface area contributed by atoms with Crippen molar-refractivity contribution in [2.75, 3.05) is 11.1 Å². The van der Waals surface area contributed by atoms with Crippen molar-refractivity contribution in [1.82, 2.24) is 4.98 Å². The highest BCUT2D eigenvalue weighted by Gasteiger charge is 2.02. The second-order valence-corrected chi connectivity index (χ2v) is 3.62. The number of rotatable bonds is 3. The van der Waals surface area contributed by atoms with Gasteiger partial charge >= 0.3 is 0 Å². The van der Waals surface area contributed by atoms with Gasteiger partial charge in [0.15, 0.2) is 5.13 Å². The van der Waals surface area contributed by atoms with Gasteiger partial charge in [0.1, 0.15) is 0 Å². The van der Waals surface area contributed by atoms with Crippen LogP contribution in [0, 0.1) is 6.92 Å². The maximum atomic E-state index is 11.0. The van der Waals surface area contributed by atoms with Gasteiger partial charge in [-0.3, -0.25) is 4.79 Å². The number of carbonyl (C=O) groups excluding carboxylic acids is 1. The van der Waals surface area contributed by atoms with E-state index in [1.165, 1.54) is 11.3 Å². The standard InChI is InChI=1S/C7H10N2OS2/c1-5-4-12-7(8-5)9-6(10)2-3-11/h4,11H,2-3H2,1H3,(H,8,9,10). The van der Waals surface area contributed by atoms with Gasteiger partial charge in [-0.25, -0.2) is 4.98 Å². The third-order valence-corrected chi connectivity index (χ3v) is 2.30. The smallest absolute Gasteiger partial charge is 0.226 e. The minimum absolute atomic E-state index is 0.0284. The van der Waals surface area contributed by atoms with E-state index >= 15 is 0 Å². The number of anilines is 1. The number of thiol groups is 1. The lowest BCUT2D eigenvalue weighted by Gasteiger charge is -1.97. The largest absolute Gasteiger partial charge is 0.302 e. The maximum absolute atomic E-state index is 11.0. The number of amides is 1. The summed E-state index contributed by atoms with van der Waals surface area (Å²) in [5.41, 5.74) is 0.932. The Bertz CT molecular complexity index is 272. The molecule has 0 aromatic carbocycles. The lowest BCUT2D eigenvalue weighted by molar-refractivity contribution is -0.115. The number of hydrogen-bond donors (Lipinski definition) is 2. The molecule has 1 heterocycles. The second-order valence-electron chi connectivity index (χ2n) is 2.32. The third-order valence-electron chi connectivity index (χ3n) is 1.20. The van der Waals surface area contributed by atoms with E-state index in [4.69, 9.17) is 0 Å². The molecule has 1 amide bonds. The molecule has 66 valence electrons. The molecule has 1 aromatic rings. The van der Waals surface area contributed by atoms with E-state index in [-0.39, 0.29) is 5.91 Å². The Labute approximate surface area is 80.6 Å². The topological polar surface area (TPSA) is 42.0 Å². The molecule has 0 bridgehead atoms. The summed E-state index contributed by atoms with van der Waals surface area (Å²) in [5, 5.41) is 5.25. The second kappa shape index (κ2) is 4.47. The Balaban J connectivity index is 2.46. The Kier molecular flexibility index (Phi) is 3.55. The molecule has 0 aliphatic carbocycles. The fourth-order valence-electron chi connectivity index (χ4n) is 0.695. The Hall–Kier alpha value is -0.550. The Morgan fingerprint density at radius 1 is 1.83 bits per heavy atom. The predicted octanol–water partition coefficient (Wildman–Crippen LogP) is 1.71. The number of aryl methyl sites for hydroxylation is 1. The number of thiazole rings is 1. The van der Waals surface area contributed by atoms with Gasteiger partial charge in [0.2, 0.25) is 5.91 Å². The van der Waals surface area contributed by atoms with Crippen LogP contribution in [0.1, 0.15) is 12.1 Å². The van der Waals surface area contributed by atoms with Crippen LogP contribution < -0.4 is 5.32 Å². The van der Waals surface area contributed by atoms with Gasteiger partial charge in [0.25, 0.3) is 0 Å². The summed E-state index contributed by atoms with van der Waals surface area (Å²) in [6, 6.07) is 0. The van der Waals surface area contributed by atoms with E-state index in [0.29, 0.717) is 17.3 Å². The van der Waals surface area contributed by atoms with Crippen LogP contribution in [0.4, 0.5) is 5.13 Å². The highest BCUT2D eigenvalue weighted by Crippen LogP contribution is 2.14. The van der Waals surface area contributed by atoms with Crippen molar-refractivity contribution in [3.05, 3.63) is 11.1 Å². The first-order chi connectivity index (χ1) is 5.72. The van der Waals surface area contributed by atoms with Crippen LogP contribution in [0.5, 0.6) is 0 Å². The summed E-state index contributed by atoms with van der Waals surface area (Å²) in [6.45, 7) is 1.89. The number of hydrogen-bond acceptors (Lipinski definition) is 4. The van der Waals surface area contributed by atoms with Gasteiger partial charge in [-0.2, -0.15) is 12.6 Å². The van der Waals surface area contributed by atoms with Crippen LogP contribution in [0.2, 0.25) is 0 Å². The summed E-state index contributed by atoms with van der Waals surface area (Å²) < 4.78 is 0. The molecule has 0 aliphatic rings. The van der Waals surface area contributed by atoms with Crippen LogP contribution in [0.3, 0.4) is 0 Å². The van der Waals surface area contributed by atoms with Crippen LogP contribution in [-0.2, 0) is 4.79 Å². The highest BCUT2D eigenvalue weighted by atomic mass is 32.1. The van der Waals surface area contributed by atoms with Crippen molar-refractivity contribution in [3.63, 3.8) is 0 Å². The zero-order chi connectivity index (χ0) is 8.97. The Morgan fingerprint density at radius 3 is 3.08 bits per heavy atom. The van der Waals surface area contributed by atoms with Gasteiger partial charge in [-0.05, 0) is 12.7 Å². The average molecular weight is 202 g/mol.